The average molecular weight is 236 g/mol. The number of aromatic nitrogens is 2. The normalized spacial score (nSPS) is 20.6. The lowest BCUT2D eigenvalue weighted by Crippen LogP contribution is -2.51. The van der Waals surface area contributed by atoms with Gasteiger partial charge in [0.15, 0.2) is 0 Å². The molecule has 1 N–H and O–H groups in total. The third kappa shape index (κ3) is 3.30. The number of nitrogens with zero attached hydrogens (tertiary/aromatic N) is 3. The van der Waals surface area contributed by atoms with Crippen LogP contribution in [0.2, 0.25) is 0 Å². The third-order valence-electron chi connectivity index (χ3n) is 3.04. The van der Waals surface area contributed by atoms with E-state index in [1.807, 2.05) is 28.9 Å². The Bertz CT molecular complexity index is 388. The highest BCUT2D eigenvalue weighted by Gasteiger charge is 2.19. The molecule has 0 bridgehead atoms. The summed E-state index contributed by atoms with van der Waals surface area (Å²) < 4.78 is 1.83. The summed E-state index contributed by atoms with van der Waals surface area (Å²) in [6.45, 7) is 7.32. The first-order chi connectivity index (χ1) is 8.15. The topological polar surface area (TPSA) is 50.2 Å². The van der Waals surface area contributed by atoms with Gasteiger partial charge in [-0.2, -0.15) is 5.10 Å². The average Bonchev–Trinajstić information content (AvgIpc) is 2.72. The molecule has 5 heteroatoms. The molecule has 0 aromatic carbocycles. The van der Waals surface area contributed by atoms with Crippen LogP contribution < -0.4 is 5.32 Å². The van der Waals surface area contributed by atoms with E-state index < -0.39 is 0 Å². The van der Waals surface area contributed by atoms with Crippen molar-refractivity contribution in [1.29, 1.82) is 0 Å². The van der Waals surface area contributed by atoms with Crippen molar-refractivity contribution in [2.75, 3.05) is 19.6 Å². The quantitative estimate of drug-likeness (QED) is 0.826. The minimum absolute atomic E-state index is 0.228. The number of piperazine rings is 1. The number of carbonyl (C=O) groups is 1. The lowest BCUT2D eigenvalue weighted by molar-refractivity contribution is -0.132. The molecule has 0 spiro atoms. The van der Waals surface area contributed by atoms with Crippen LogP contribution in [-0.2, 0) is 11.3 Å². The smallest absolute Gasteiger partial charge is 0.224 e. The van der Waals surface area contributed by atoms with Crippen molar-refractivity contribution in [3.63, 3.8) is 0 Å². The van der Waals surface area contributed by atoms with Crippen molar-refractivity contribution in [3.05, 3.63) is 18.0 Å². The summed E-state index contributed by atoms with van der Waals surface area (Å²) in [5.41, 5.74) is 1.13. The third-order valence-corrected chi connectivity index (χ3v) is 3.04. The van der Waals surface area contributed by atoms with E-state index in [1.165, 1.54) is 0 Å². The number of hydrogen-bond acceptors (Lipinski definition) is 3. The molecule has 0 radical (unpaired) electrons. The number of amides is 1. The number of carbonyl (C=O) groups excluding carboxylic acids is 1. The maximum absolute atomic E-state index is 12.0. The first-order valence-electron chi connectivity index (χ1n) is 6.15. The zero-order chi connectivity index (χ0) is 12.3. The molecule has 2 rings (SSSR count). The van der Waals surface area contributed by atoms with Gasteiger partial charge in [-0.1, -0.05) is 0 Å². The highest BCUT2D eigenvalue weighted by molar-refractivity contribution is 5.76. The maximum Gasteiger partial charge on any atom is 0.224 e. The van der Waals surface area contributed by atoms with Crippen LogP contribution in [0.3, 0.4) is 0 Å². The van der Waals surface area contributed by atoms with Gasteiger partial charge in [-0.15, -0.1) is 0 Å². The Kier molecular flexibility index (Phi) is 3.78. The fourth-order valence-electron chi connectivity index (χ4n) is 2.12. The lowest BCUT2D eigenvalue weighted by Gasteiger charge is -2.32. The molecule has 1 aromatic rings. The van der Waals surface area contributed by atoms with Crippen LogP contribution in [0, 0.1) is 6.92 Å². The molecule has 1 aliphatic rings. The molecule has 0 saturated carbocycles. The van der Waals surface area contributed by atoms with Gasteiger partial charge in [0.25, 0.3) is 0 Å². The van der Waals surface area contributed by atoms with Gasteiger partial charge in [-0.3, -0.25) is 9.48 Å². The van der Waals surface area contributed by atoms with Crippen molar-refractivity contribution >= 4 is 5.91 Å². The summed E-state index contributed by atoms with van der Waals surface area (Å²) in [6, 6.07) is 0.402. The van der Waals surface area contributed by atoms with Crippen molar-refractivity contribution in [3.8, 4) is 0 Å². The van der Waals surface area contributed by atoms with Crippen molar-refractivity contribution < 1.29 is 4.79 Å². The molecular formula is C12H20N4O. The monoisotopic (exact) mass is 236 g/mol. The van der Waals surface area contributed by atoms with Gasteiger partial charge in [0.2, 0.25) is 5.91 Å². The fraction of sp³-hybridized carbons (Fsp3) is 0.667. The van der Waals surface area contributed by atoms with Crippen LogP contribution in [0.15, 0.2) is 12.4 Å². The van der Waals surface area contributed by atoms with Gasteiger partial charge in [0, 0.05) is 44.8 Å². The van der Waals surface area contributed by atoms with Gasteiger partial charge in [0.1, 0.15) is 0 Å². The van der Waals surface area contributed by atoms with E-state index in [0.717, 1.165) is 25.2 Å². The number of hydrogen-bond donors (Lipinski definition) is 1. The summed E-state index contributed by atoms with van der Waals surface area (Å²) in [5.74, 6) is 0.228. The van der Waals surface area contributed by atoms with Crippen LogP contribution in [0.25, 0.3) is 0 Å². The molecule has 5 nitrogen and oxygen atoms in total. The van der Waals surface area contributed by atoms with Crippen LogP contribution in [0.4, 0.5) is 0 Å². The summed E-state index contributed by atoms with van der Waals surface area (Å²) in [4.78, 5) is 13.9. The van der Waals surface area contributed by atoms with Crippen LogP contribution in [-0.4, -0.2) is 46.3 Å². The van der Waals surface area contributed by atoms with Gasteiger partial charge in [-0.05, 0) is 19.4 Å². The summed E-state index contributed by atoms with van der Waals surface area (Å²) >= 11 is 0. The number of aryl methyl sites for hydroxylation is 2. The van der Waals surface area contributed by atoms with Crippen LogP contribution in [0.1, 0.15) is 18.9 Å². The summed E-state index contributed by atoms with van der Waals surface area (Å²) in [6.07, 6.45) is 4.32. The predicted molar refractivity (Wildman–Crippen MR) is 65.6 cm³/mol. The highest BCUT2D eigenvalue weighted by atomic mass is 16.2. The Morgan fingerprint density at radius 2 is 2.47 bits per heavy atom. The number of nitrogens with one attached hydrogen (secondary N) is 1. The Morgan fingerprint density at radius 3 is 3.12 bits per heavy atom. The summed E-state index contributed by atoms with van der Waals surface area (Å²) in [7, 11) is 0. The zero-order valence-corrected chi connectivity index (χ0v) is 10.5. The first-order valence-corrected chi connectivity index (χ1v) is 6.15. The molecule has 1 fully saturated rings. The van der Waals surface area contributed by atoms with Crippen LogP contribution in [0.5, 0.6) is 0 Å². The van der Waals surface area contributed by atoms with Crippen LogP contribution >= 0.6 is 0 Å². The van der Waals surface area contributed by atoms with Gasteiger partial charge in [-0.25, -0.2) is 0 Å². The molecule has 1 aromatic heterocycles. The Hall–Kier alpha value is -1.36. The first kappa shape index (κ1) is 12.1. The number of rotatable bonds is 3. The van der Waals surface area contributed by atoms with E-state index in [0.29, 0.717) is 19.0 Å². The molecule has 1 saturated heterocycles. The minimum Gasteiger partial charge on any atom is -0.340 e. The lowest BCUT2D eigenvalue weighted by atomic mass is 10.2. The second-order valence-electron chi connectivity index (χ2n) is 4.73. The van der Waals surface area contributed by atoms with Crippen molar-refractivity contribution in [2.45, 2.75) is 32.9 Å². The second kappa shape index (κ2) is 5.31. The largest absolute Gasteiger partial charge is 0.340 e. The van der Waals surface area contributed by atoms with Gasteiger partial charge in [0.05, 0.1) is 6.20 Å². The molecular weight excluding hydrogens is 216 g/mol. The molecule has 17 heavy (non-hydrogen) atoms. The predicted octanol–water partition coefficient (Wildman–Crippen LogP) is 0.402. The Labute approximate surface area is 102 Å². The molecule has 94 valence electrons. The Morgan fingerprint density at radius 1 is 1.65 bits per heavy atom. The molecule has 1 amide bonds. The minimum atomic E-state index is 0.228. The van der Waals surface area contributed by atoms with E-state index in [9.17, 15) is 4.79 Å². The highest BCUT2D eigenvalue weighted by Crippen LogP contribution is 2.03. The molecule has 2 heterocycles. The van der Waals surface area contributed by atoms with E-state index in [1.54, 1.807) is 0 Å². The van der Waals surface area contributed by atoms with E-state index in [-0.39, 0.29) is 5.91 Å². The standard InChI is InChI=1S/C12H20N4O/c1-10-7-14-16(8-10)5-3-12(17)15-6-4-13-11(2)9-15/h7-8,11,13H,3-6,9H2,1-2H3. The molecule has 1 atom stereocenters. The second-order valence-corrected chi connectivity index (χ2v) is 4.73. The van der Waals surface area contributed by atoms with Gasteiger partial charge >= 0.3 is 0 Å². The van der Waals surface area contributed by atoms with E-state index in [2.05, 4.69) is 17.3 Å². The molecule has 1 aliphatic heterocycles. The summed E-state index contributed by atoms with van der Waals surface area (Å²) in [5, 5.41) is 7.51. The molecule has 0 aliphatic carbocycles. The van der Waals surface area contributed by atoms with Gasteiger partial charge < -0.3 is 10.2 Å². The SMILES string of the molecule is Cc1cnn(CCC(=O)N2CCNC(C)C2)c1. The molecule has 1 unspecified atom stereocenters. The zero-order valence-electron chi connectivity index (χ0n) is 10.5. The maximum atomic E-state index is 12.0. The Balaban J connectivity index is 1.80. The van der Waals surface area contributed by atoms with Crippen molar-refractivity contribution in [2.24, 2.45) is 0 Å². The van der Waals surface area contributed by atoms with E-state index in [4.69, 9.17) is 0 Å². The van der Waals surface area contributed by atoms with Crippen molar-refractivity contribution in [1.82, 2.24) is 20.0 Å². The fourth-order valence-corrected chi connectivity index (χ4v) is 2.12. The van der Waals surface area contributed by atoms with E-state index >= 15 is 0 Å².